The number of benzene rings is 2. The van der Waals surface area contributed by atoms with E-state index in [1.165, 1.54) is 0 Å². The lowest BCUT2D eigenvalue weighted by Crippen LogP contribution is -2.64. The second kappa shape index (κ2) is 10.6. The number of rotatable bonds is 6. The number of carbonyl (C=O) groups excluding carboxylic acids is 2. The third-order valence-corrected chi connectivity index (χ3v) is 11.7. The topological polar surface area (TPSA) is 104 Å². The van der Waals surface area contributed by atoms with Crippen molar-refractivity contribution in [2.45, 2.75) is 78.3 Å². The number of amides is 2. The van der Waals surface area contributed by atoms with Crippen LogP contribution in [0.4, 0.5) is 35.1 Å². The number of hydrogen-bond acceptors (Lipinski definition) is 5. The molecule has 1 aliphatic heterocycles. The van der Waals surface area contributed by atoms with Crippen LogP contribution in [-0.2, 0) is 36.3 Å². The Morgan fingerprint density at radius 1 is 1.02 bits per heavy atom. The lowest BCUT2D eigenvalue weighted by Gasteiger charge is -2.46. The van der Waals surface area contributed by atoms with Crippen LogP contribution in [-0.4, -0.2) is 67.3 Å². The minimum atomic E-state index is -6.40. The second-order valence-corrected chi connectivity index (χ2v) is 14.0. The summed E-state index contributed by atoms with van der Waals surface area (Å²) in [6.45, 7) is -3.89. The molecule has 3 aliphatic rings. The van der Waals surface area contributed by atoms with Crippen LogP contribution in [0, 0.1) is 11.7 Å². The Bertz CT molecular complexity index is 1710. The van der Waals surface area contributed by atoms with Crippen LogP contribution in [0.3, 0.4) is 0 Å². The van der Waals surface area contributed by atoms with Crippen molar-refractivity contribution in [2.24, 2.45) is 5.92 Å². The molecule has 2 amide bonds. The van der Waals surface area contributed by atoms with E-state index in [0.29, 0.717) is 6.07 Å². The van der Waals surface area contributed by atoms with E-state index in [1.807, 2.05) is 0 Å². The SMILES string of the molecule is [2H]C([2H])([2H])C(=O)N1CC(O)(CC(=O)N[C@@H]2CC[C@@]3(S(=O)(=O)c4ccc(F)cc4)c4ccc(C(F)(C(F)(F)F)C(F)(F)F)cc4CC[C@@H]23)C1. The maximum Gasteiger partial charge on any atom is 0.435 e. The van der Waals surface area contributed by atoms with Gasteiger partial charge < -0.3 is 15.3 Å². The zero-order valence-electron chi connectivity index (χ0n) is 26.1. The highest BCUT2D eigenvalue weighted by Crippen LogP contribution is 2.59. The predicted octanol–water partition coefficient (Wildman–Crippen LogP) is 4.61. The molecule has 1 saturated heterocycles. The first-order valence-electron chi connectivity index (χ1n) is 15.1. The van der Waals surface area contributed by atoms with Crippen molar-refractivity contribution >= 4 is 21.7 Å². The zero-order chi connectivity index (χ0) is 35.9. The van der Waals surface area contributed by atoms with Gasteiger partial charge in [-0.2, -0.15) is 26.3 Å². The summed E-state index contributed by atoms with van der Waals surface area (Å²) in [6.07, 6.45) is -14.2. The molecule has 2 N–H and O–H groups in total. The molecule has 0 radical (unpaired) electrons. The summed E-state index contributed by atoms with van der Waals surface area (Å²) in [5.74, 6) is -3.84. The molecule has 0 bridgehead atoms. The van der Waals surface area contributed by atoms with E-state index in [1.54, 1.807) is 0 Å². The van der Waals surface area contributed by atoms with Crippen LogP contribution in [0.15, 0.2) is 47.4 Å². The normalized spacial score (nSPS) is 26.1. The fourth-order valence-electron chi connectivity index (χ4n) is 7.03. The van der Waals surface area contributed by atoms with Gasteiger partial charge in [-0.15, -0.1) is 0 Å². The molecule has 2 fully saturated rings. The summed E-state index contributed by atoms with van der Waals surface area (Å²) in [7, 11) is -4.63. The molecule has 2 aromatic rings. The molecule has 1 heterocycles. The van der Waals surface area contributed by atoms with E-state index >= 15 is 0 Å². The smallest absolute Gasteiger partial charge is 0.386 e. The van der Waals surface area contributed by atoms with E-state index in [9.17, 15) is 58.2 Å². The van der Waals surface area contributed by atoms with Crippen molar-refractivity contribution in [3.05, 3.63) is 65.0 Å². The lowest BCUT2D eigenvalue weighted by atomic mass is 9.73. The van der Waals surface area contributed by atoms with Crippen LogP contribution < -0.4 is 5.32 Å². The van der Waals surface area contributed by atoms with Crippen molar-refractivity contribution in [2.75, 3.05) is 13.1 Å². The molecule has 0 aromatic heterocycles. The van der Waals surface area contributed by atoms with E-state index in [2.05, 4.69) is 5.32 Å². The molecule has 1 saturated carbocycles. The number of likely N-dealkylation sites (tertiary alicyclic amines) is 1. The van der Waals surface area contributed by atoms with Crippen molar-refractivity contribution in [3.63, 3.8) is 0 Å². The van der Waals surface area contributed by atoms with Crippen LogP contribution in [0.25, 0.3) is 0 Å². The summed E-state index contributed by atoms with van der Waals surface area (Å²) >= 11 is 0. The number of hydrogen-bond donors (Lipinski definition) is 2. The summed E-state index contributed by atoms with van der Waals surface area (Å²) in [5.41, 5.74) is -9.79. The Kier molecular flexibility index (Phi) is 6.89. The number of aliphatic hydroxyl groups is 1. The second-order valence-electron chi connectivity index (χ2n) is 11.8. The van der Waals surface area contributed by atoms with E-state index < -0.39 is 105 Å². The van der Waals surface area contributed by atoms with Crippen molar-refractivity contribution in [1.29, 1.82) is 0 Å². The average molecular weight is 672 g/mol. The highest BCUT2D eigenvalue weighted by atomic mass is 32.2. The first kappa shape index (κ1) is 29.2. The maximum atomic E-state index is 15.0. The van der Waals surface area contributed by atoms with Gasteiger partial charge in [0, 0.05) is 28.5 Å². The molecule has 45 heavy (non-hydrogen) atoms. The molecule has 2 aromatic carbocycles. The Labute approximate surface area is 256 Å². The molecule has 7 nitrogen and oxygen atoms in total. The standard InChI is InChI=1S/C29H28F8N2O5S/c1-16(40)39-14-25(42,15-39)13-24(41)38-23-10-11-26(45(43,44)20-6-4-19(30)5-7-20)21-9-3-18(12-17(21)2-8-22(23)26)27(31,28(32,33)34)29(35,36)37/h3-7,9,12,22-23,42H,2,8,10-11,13-15H2,1H3,(H,38,41)/t22-,23+,26+/m0/s1/i1D3. The number of nitrogens with one attached hydrogen (secondary N) is 1. The number of β-amino-alcohol motifs (C(OH)–C–C–N with tert-alkyl or cyclic N) is 1. The fourth-order valence-corrected chi connectivity index (χ4v) is 9.50. The Morgan fingerprint density at radius 2 is 1.64 bits per heavy atom. The van der Waals surface area contributed by atoms with E-state index in [0.717, 1.165) is 35.2 Å². The third-order valence-electron chi connectivity index (χ3n) is 9.07. The summed E-state index contributed by atoms with van der Waals surface area (Å²) in [4.78, 5) is 25.4. The molecule has 2 aliphatic carbocycles. The quantitative estimate of drug-likeness (QED) is 0.345. The van der Waals surface area contributed by atoms with Crippen molar-refractivity contribution in [1.82, 2.24) is 10.2 Å². The average Bonchev–Trinajstić information content (AvgIpc) is 3.33. The van der Waals surface area contributed by atoms with Gasteiger partial charge in [0.05, 0.1) is 24.4 Å². The maximum absolute atomic E-state index is 15.0. The molecule has 0 spiro atoms. The van der Waals surface area contributed by atoms with Crippen LogP contribution >= 0.6 is 0 Å². The first-order valence-corrected chi connectivity index (χ1v) is 15.1. The number of halogens is 8. The van der Waals surface area contributed by atoms with Gasteiger partial charge in [-0.05, 0) is 61.1 Å². The third kappa shape index (κ3) is 5.17. The van der Waals surface area contributed by atoms with Gasteiger partial charge >= 0.3 is 18.0 Å². The van der Waals surface area contributed by atoms with E-state index in [-0.39, 0.29) is 42.9 Å². The summed E-state index contributed by atoms with van der Waals surface area (Å²) in [5, 5.41) is 13.3. The molecule has 246 valence electrons. The summed E-state index contributed by atoms with van der Waals surface area (Å²) in [6, 6.07) is 3.98. The van der Waals surface area contributed by atoms with E-state index in [4.69, 9.17) is 4.11 Å². The Balaban J connectivity index is 1.50. The predicted molar refractivity (Wildman–Crippen MR) is 141 cm³/mol. The van der Waals surface area contributed by atoms with Gasteiger partial charge in [-0.25, -0.2) is 17.2 Å². The molecular weight excluding hydrogens is 640 g/mol. The number of sulfone groups is 1. The highest BCUT2D eigenvalue weighted by Gasteiger charge is 2.74. The fraction of sp³-hybridized carbons (Fsp3) is 0.517. The molecular formula is C29H28F8N2O5S. The number of alkyl halides is 7. The molecule has 3 atom stereocenters. The Hall–Kier alpha value is -3.27. The van der Waals surface area contributed by atoms with Gasteiger partial charge in [0.15, 0.2) is 9.84 Å². The largest absolute Gasteiger partial charge is 0.435 e. The molecule has 5 rings (SSSR count). The van der Waals surface area contributed by atoms with Gasteiger partial charge in [-0.3, -0.25) is 9.59 Å². The van der Waals surface area contributed by atoms with Crippen molar-refractivity contribution in [3.8, 4) is 0 Å². The first-order chi connectivity index (χ1) is 21.9. The zero-order valence-corrected chi connectivity index (χ0v) is 23.9. The minimum absolute atomic E-state index is 0.0573. The minimum Gasteiger partial charge on any atom is -0.386 e. The number of carbonyl (C=O) groups is 2. The van der Waals surface area contributed by atoms with Crippen molar-refractivity contribution < 1.29 is 62.3 Å². The van der Waals surface area contributed by atoms with Crippen LogP contribution in [0.5, 0.6) is 0 Å². The van der Waals surface area contributed by atoms with Gasteiger partial charge in [0.1, 0.15) is 16.2 Å². The number of aryl methyl sites for hydroxylation is 1. The summed E-state index contributed by atoms with van der Waals surface area (Å²) < 4.78 is 158. The molecule has 0 unspecified atom stereocenters. The van der Waals surface area contributed by atoms with Gasteiger partial charge in [0.2, 0.25) is 11.8 Å². The highest BCUT2D eigenvalue weighted by molar-refractivity contribution is 7.92. The monoisotopic (exact) mass is 671 g/mol. The number of nitrogens with zero attached hydrogens (tertiary/aromatic N) is 1. The van der Waals surface area contributed by atoms with Gasteiger partial charge in [-0.1, -0.05) is 18.2 Å². The molecule has 16 heteroatoms. The lowest BCUT2D eigenvalue weighted by molar-refractivity contribution is -0.348. The number of fused-ring (bicyclic) bond motifs is 3. The van der Waals surface area contributed by atoms with Crippen LogP contribution in [0.1, 0.15) is 53.3 Å². The van der Waals surface area contributed by atoms with Gasteiger partial charge in [0.25, 0.3) is 0 Å². The Morgan fingerprint density at radius 3 is 2.22 bits per heavy atom. The van der Waals surface area contributed by atoms with Crippen LogP contribution in [0.2, 0.25) is 0 Å².